The van der Waals surface area contributed by atoms with Crippen LogP contribution in [0.3, 0.4) is 0 Å². The van der Waals surface area contributed by atoms with E-state index >= 15 is 0 Å². The molecular formula is C15H19I3N4O6. The van der Waals surface area contributed by atoms with E-state index < -0.39 is 37.0 Å². The van der Waals surface area contributed by atoms with Crippen molar-refractivity contribution in [2.75, 3.05) is 37.7 Å². The van der Waals surface area contributed by atoms with Crippen molar-refractivity contribution in [3.05, 3.63) is 21.8 Å². The first-order valence-electron chi connectivity index (χ1n) is 7.80. The zero-order chi connectivity index (χ0) is 21.6. The molecule has 3 amide bonds. The summed E-state index contributed by atoms with van der Waals surface area (Å²) in [4.78, 5) is 38.2. The standard InChI is InChI=1S/C15H19I3N4O6/c16-10-8(14(20)27)11(17)13(12(18)9(10)15(28)21-1-2-23)22(7(26)3-19)4-6(25)5-24/h6,23-25H,1-5,19H2,(H2,20,27)(H,21,28). The quantitative estimate of drug-likeness (QED) is 0.176. The third-order valence-corrected chi connectivity index (χ3v) is 6.69. The Labute approximate surface area is 201 Å². The van der Waals surface area contributed by atoms with Gasteiger partial charge in [-0.3, -0.25) is 14.4 Å². The van der Waals surface area contributed by atoms with Crippen molar-refractivity contribution in [1.29, 1.82) is 0 Å². The molecule has 1 aromatic rings. The number of aliphatic hydroxyl groups excluding tert-OH is 3. The van der Waals surface area contributed by atoms with E-state index in [9.17, 15) is 19.5 Å². The first-order chi connectivity index (χ1) is 13.1. The van der Waals surface area contributed by atoms with Crippen molar-refractivity contribution in [2.45, 2.75) is 6.10 Å². The summed E-state index contributed by atoms with van der Waals surface area (Å²) in [5.41, 5.74) is 11.3. The Morgan fingerprint density at radius 1 is 1.07 bits per heavy atom. The van der Waals surface area contributed by atoms with Crippen LogP contribution in [0, 0.1) is 10.7 Å². The number of rotatable bonds is 9. The average molecular weight is 732 g/mol. The van der Waals surface area contributed by atoms with Crippen LogP contribution in [0.15, 0.2) is 0 Å². The molecule has 1 atom stereocenters. The van der Waals surface area contributed by atoms with Crippen LogP contribution >= 0.6 is 67.8 Å². The van der Waals surface area contributed by atoms with Gasteiger partial charge in [-0.15, -0.1) is 0 Å². The fourth-order valence-corrected chi connectivity index (χ4v) is 7.03. The second-order valence-corrected chi connectivity index (χ2v) is 8.67. The summed E-state index contributed by atoms with van der Waals surface area (Å²) < 4.78 is 0.935. The highest BCUT2D eigenvalue weighted by molar-refractivity contribution is 14.1. The third-order valence-electron chi connectivity index (χ3n) is 3.51. The van der Waals surface area contributed by atoms with Crippen molar-refractivity contribution in [3.63, 3.8) is 0 Å². The lowest BCUT2D eigenvalue weighted by Gasteiger charge is -2.29. The largest absolute Gasteiger partial charge is 0.395 e. The van der Waals surface area contributed by atoms with Gasteiger partial charge in [0.05, 0.1) is 56.4 Å². The van der Waals surface area contributed by atoms with Gasteiger partial charge in [0.2, 0.25) is 5.91 Å². The van der Waals surface area contributed by atoms with Gasteiger partial charge in [-0.1, -0.05) is 0 Å². The normalized spacial score (nSPS) is 11.8. The first-order valence-corrected chi connectivity index (χ1v) is 11.0. The minimum Gasteiger partial charge on any atom is -0.395 e. The lowest BCUT2D eigenvalue weighted by Crippen LogP contribution is -2.43. The van der Waals surface area contributed by atoms with Crippen LogP contribution in [0.4, 0.5) is 5.69 Å². The van der Waals surface area contributed by atoms with E-state index in [-0.39, 0.29) is 36.5 Å². The van der Waals surface area contributed by atoms with E-state index in [1.807, 2.05) is 67.8 Å². The molecule has 13 heteroatoms. The van der Waals surface area contributed by atoms with E-state index in [0.717, 1.165) is 4.90 Å². The first kappa shape index (κ1) is 25.7. The van der Waals surface area contributed by atoms with E-state index in [1.54, 1.807) is 0 Å². The van der Waals surface area contributed by atoms with Crippen LogP contribution in [0.25, 0.3) is 0 Å². The summed E-state index contributed by atoms with van der Waals surface area (Å²) in [7, 11) is 0. The molecule has 1 unspecified atom stereocenters. The Kier molecular flexibility index (Phi) is 10.8. The molecule has 0 aliphatic heterocycles. The van der Waals surface area contributed by atoms with Crippen molar-refractivity contribution < 1.29 is 29.7 Å². The summed E-state index contributed by atoms with van der Waals surface area (Å²) >= 11 is 5.52. The summed E-state index contributed by atoms with van der Waals surface area (Å²) in [6, 6.07) is 0. The topological polar surface area (TPSA) is 179 Å². The zero-order valence-corrected chi connectivity index (χ0v) is 20.9. The molecule has 0 aliphatic carbocycles. The molecular weight excluding hydrogens is 713 g/mol. The molecule has 1 aromatic carbocycles. The van der Waals surface area contributed by atoms with E-state index in [0.29, 0.717) is 10.7 Å². The van der Waals surface area contributed by atoms with Gasteiger partial charge in [-0.25, -0.2) is 0 Å². The molecule has 28 heavy (non-hydrogen) atoms. The molecule has 0 fully saturated rings. The Balaban J connectivity index is 3.80. The maximum atomic E-state index is 12.6. The molecule has 0 radical (unpaired) electrons. The van der Waals surface area contributed by atoms with E-state index in [2.05, 4.69) is 5.32 Å². The lowest BCUT2D eigenvalue weighted by atomic mass is 10.1. The van der Waals surface area contributed by atoms with Crippen LogP contribution in [0.5, 0.6) is 0 Å². The number of nitrogens with zero attached hydrogens (tertiary/aromatic N) is 1. The Hall–Kier alpha value is -0.340. The van der Waals surface area contributed by atoms with Gasteiger partial charge in [-0.05, 0) is 67.8 Å². The predicted octanol–water partition coefficient (Wildman–Crippen LogP) is -1.03. The zero-order valence-electron chi connectivity index (χ0n) is 14.4. The summed E-state index contributed by atoms with van der Waals surface area (Å²) in [5.74, 6) is -1.95. The number of aliphatic hydroxyl groups is 3. The molecule has 8 N–H and O–H groups in total. The summed E-state index contributed by atoms with van der Waals surface area (Å²) in [5, 5.41) is 30.5. The minimum atomic E-state index is -1.26. The van der Waals surface area contributed by atoms with Gasteiger partial charge < -0.3 is 37.0 Å². The maximum absolute atomic E-state index is 12.6. The fraction of sp³-hybridized carbons (Fsp3) is 0.400. The summed E-state index contributed by atoms with van der Waals surface area (Å²) in [6.07, 6.45) is -1.26. The number of benzene rings is 1. The van der Waals surface area contributed by atoms with Crippen molar-refractivity contribution in [1.82, 2.24) is 5.32 Å². The van der Waals surface area contributed by atoms with Crippen LogP contribution in [0.1, 0.15) is 20.7 Å². The van der Waals surface area contributed by atoms with Crippen LogP contribution in [-0.4, -0.2) is 72.0 Å². The summed E-state index contributed by atoms with van der Waals surface area (Å²) in [6.45, 7) is -1.58. The Morgan fingerprint density at radius 3 is 2.11 bits per heavy atom. The lowest BCUT2D eigenvalue weighted by molar-refractivity contribution is -0.117. The van der Waals surface area contributed by atoms with Crippen LogP contribution < -0.4 is 21.7 Å². The van der Waals surface area contributed by atoms with Gasteiger partial charge in [0.15, 0.2) is 0 Å². The number of hydrogen-bond acceptors (Lipinski definition) is 7. The molecule has 10 nitrogen and oxygen atoms in total. The van der Waals surface area contributed by atoms with E-state index in [4.69, 9.17) is 21.7 Å². The molecule has 0 aromatic heterocycles. The molecule has 0 saturated carbocycles. The molecule has 0 saturated heterocycles. The second-order valence-electron chi connectivity index (χ2n) is 5.43. The monoisotopic (exact) mass is 732 g/mol. The number of anilines is 1. The molecule has 0 spiro atoms. The fourth-order valence-electron chi connectivity index (χ4n) is 2.26. The average Bonchev–Trinajstić information content (AvgIpc) is 2.64. The second kappa shape index (κ2) is 11.7. The number of halogens is 3. The minimum absolute atomic E-state index is 0.00705. The third kappa shape index (κ3) is 5.85. The highest BCUT2D eigenvalue weighted by Crippen LogP contribution is 2.38. The van der Waals surface area contributed by atoms with E-state index in [1.165, 1.54) is 0 Å². The Bertz CT molecular complexity index is 777. The number of amides is 3. The molecule has 0 aliphatic rings. The van der Waals surface area contributed by atoms with Gasteiger partial charge in [0, 0.05) is 10.1 Å². The van der Waals surface area contributed by atoms with Gasteiger partial charge in [0.25, 0.3) is 11.8 Å². The maximum Gasteiger partial charge on any atom is 0.253 e. The van der Waals surface area contributed by atoms with Crippen molar-refractivity contribution >= 4 is 91.2 Å². The number of primary amides is 1. The number of nitrogens with one attached hydrogen (secondary N) is 1. The van der Waals surface area contributed by atoms with Gasteiger partial charge in [-0.2, -0.15) is 0 Å². The smallest absolute Gasteiger partial charge is 0.253 e. The van der Waals surface area contributed by atoms with Gasteiger partial charge >= 0.3 is 0 Å². The molecule has 0 bridgehead atoms. The number of nitrogens with two attached hydrogens (primary N) is 2. The van der Waals surface area contributed by atoms with Gasteiger partial charge in [0.1, 0.15) is 0 Å². The van der Waals surface area contributed by atoms with Crippen LogP contribution in [-0.2, 0) is 4.79 Å². The number of hydrogen-bond donors (Lipinski definition) is 6. The highest BCUT2D eigenvalue weighted by atomic mass is 127. The molecule has 156 valence electrons. The Morgan fingerprint density at radius 2 is 1.64 bits per heavy atom. The van der Waals surface area contributed by atoms with Crippen LogP contribution in [0.2, 0.25) is 0 Å². The SMILES string of the molecule is NCC(=O)N(CC(O)CO)c1c(I)c(C(N)=O)c(I)c(C(=O)NCCO)c1I. The predicted molar refractivity (Wildman–Crippen MR) is 127 cm³/mol. The van der Waals surface area contributed by atoms with Crippen molar-refractivity contribution in [3.8, 4) is 0 Å². The molecule has 0 heterocycles. The molecule has 1 rings (SSSR count). The number of carbonyl (C=O) groups excluding carboxylic acids is 3. The number of carbonyl (C=O) groups is 3. The highest BCUT2D eigenvalue weighted by Gasteiger charge is 2.31. The van der Waals surface area contributed by atoms with Crippen molar-refractivity contribution in [2.24, 2.45) is 11.5 Å².